The fraction of sp³-hybridized carbons (Fsp3) is 0.250. The zero-order valence-electron chi connectivity index (χ0n) is 14.3. The monoisotopic (exact) mass is 328 g/mol. The first-order valence-corrected chi connectivity index (χ1v) is 7.89. The average molecular weight is 328 g/mol. The van der Waals surface area contributed by atoms with E-state index in [-0.39, 0.29) is 11.5 Å². The van der Waals surface area contributed by atoms with Crippen LogP contribution in [0.2, 0.25) is 0 Å². The molecular formula is C20H24O4. The van der Waals surface area contributed by atoms with Gasteiger partial charge in [0.25, 0.3) is 5.97 Å². The largest absolute Gasteiger partial charge is 0.508 e. The number of rotatable bonds is 4. The van der Waals surface area contributed by atoms with Gasteiger partial charge in [0.2, 0.25) is 0 Å². The molecule has 2 rings (SSSR count). The summed E-state index contributed by atoms with van der Waals surface area (Å²) in [6.07, 6.45) is 1.85. The summed E-state index contributed by atoms with van der Waals surface area (Å²) in [4.78, 5) is 9.00. The summed E-state index contributed by atoms with van der Waals surface area (Å²) < 4.78 is 0. The molecular weight excluding hydrogens is 304 g/mol. The summed E-state index contributed by atoms with van der Waals surface area (Å²) in [5.74, 6) is -0.265. The number of phenols is 2. The molecule has 0 saturated heterocycles. The maximum atomic E-state index is 9.41. The molecule has 0 bridgehead atoms. The van der Waals surface area contributed by atoms with Crippen molar-refractivity contribution in [3.05, 3.63) is 59.7 Å². The molecule has 0 unspecified atom stereocenters. The van der Waals surface area contributed by atoms with E-state index < -0.39 is 5.97 Å². The molecule has 0 atom stereocenters. The molecule has 0 aromatic heterocycles. The number of benzene rings is 2. The van der Waals surface area contributed by atoms with Gasteiger partial charge in [-0.25, -0.2) is 0 Å². The second-order valence-electron chi connectivity index (χ2n) is 5.28. The van der Waals surface area contributed by atoms with E-state index >= 15 is 0 Å². The van der Waals surface area contributed by atoms with E-state index in [4.69, 9.17) is 9.90 Å². The van der Waals surface area contributed by atoms with Crippen molar-refractivity contribution in [1.29, 1.82) is 0 Å². The number of aliphatic carboxylic acids is 1. The SMILES string of the molecule is CC(=O)O.CC/C(=C(/CC)c1ccc(O)cc1)c1ccc(O)cc1. The van der Waals surface area contributed by atoms with Gasteiger partial charge in [-0.1, -0.05) is 38.1 Å². The molecule has 3 N–H and O–H groups in total. The van der Waals surface area contributed by atoms with E-state index in [0.29, 0.717) is 0 Å². The van der Waals surface area contributed by atoms with Gasteiger partial charge < -0.3 is 15.3 Å². The maximum Gasteiger partial charge on any atom is 0.300 e. The Hall–Kier alpha value is -2.75. The van der Waals surface area contributed by atoms with Crippen LogP contribution >= 0.6 is 0 Å². The molecule has 0 aliphatic heterocycles. The minimum absolute atomic E-state index is 0.284. The minimum Gasteiger partial charge on any atom is -0.508 e. The maximum absolute atomic E-state index is 9.41. The molecule has 0 saturated carbocycles. The fourth-order valence-corrected chi connectivity index (χ4v) is 2.51. The van der Waals surface area contributed by atoms with Crippen molar-refractivity contribution in [3.63, 3.8) is 0 Å². The van der Waals surface area contributed by atoms with Crippen molar-refractivity contribution >= 4 is 17.1 Å². The molecule has 0 aliphatic rings. The summed E-state index contributed by atoms with van der Waals surface area (Å²) in [6.45, 7) is 5.36. The van der Waals surface area contributed by atoms with Gasteiger partial charge in [-0.2, -0.15) is 0 Å². The highest BCUT2D eigenvalue weighted by Gasteiger charge is 2.09. The van der Waals surface area contributed by atoms with Crippen LogP contribution in [0.1, 0.15) is 44.7 Å². The van der Waals surface area contributed by atoms with Crippen LogP contribution in [0.5, 0.6) is 11.5 Å². The van der Waals surface area contributed by atoms with E-state index in [1.54, 1.807) is 24.3 Å². The summed E-state index contributed by atoms with van der Waals surface area (Å²) in [5.41, 5.74) is 4.82. The topological polar surface area (TPSA) is 77.8 Å². The molecule has 2 aromatic carbocycles. The number of carbonyl (C=O) groups is 1. The lowest BCUT2D eigenvalue weighted by Crippen LogP contribution is -1.91. The van der Waals surface area contributed by atoms with Crippen molar-refractivity contribution in [2.24, 2.45) is 0 Å². The van der Waals surface area contributed by atoms with Gasteiger partial charge in [0.05, 0.1) is 0 Å². The zero-order chi connectivity index (χ0) is 18.1. The third kappa shape index (κ3) is 5.80. The molecule has 4 heteroatoms. The highest BCUT2D eigenvalue weighted by Crippen LogP contribution is 2.32. The summed E-state index contributed by atoms with van der Waals surface area (Å²) in [7, 11) is 0. The van der Waals surface area contributed by atoms with Gasteiger partial charge in [0, 0.05) is 6.92 Å². The van der Waals surface area contributed by atoms with Crippen molar-refractivity contribution in [2.45, 2.75) is 33.6 Å². The van der Waals surface area contributed by atoms with E-state index in [2.05, 4.69) is 13.8 Å². The lowest BCUT2D eigenvalue weighted by Gasteiger charge is -2.14. The number of hydrogen-bond donors (Lipinski definition) is 3. The number of carboxylic acid groups (broad SMARTS) is 1. The first kappa shape index (κ1) is 19.3. The lowest BCUT2D eigenvalue weighted by molar-refractivity contribution is -0.134. The van der Waals surface area contributed by atoms with Crippen LogP contribution in [0.3, 0.4) is 0 Å². The molecule has 128 valence electrons. The molecule has 0 heterocycles. The minimum atomic E-state index is -0.833. The van der Waals surface area contributed by atoms with E-state index in [1.165, 1.54) is 11.1 Å². The van der Waals surface area contributed by atoms with Crippen LogP contribution in [0, 0.1) is 0 Å². The molecule has 4 nitrogen and oxygen atoms in total. The van der Waals surface area contributed by atoms with Gasteiger partial charge in [-0.15, -0.1) is 0 Å². The highest BCUT2D eigenvalue weighted by atomic mass is 16.4. The second kappa shape index (κ2) is 9.40. The van der Waals surface area contributed by atoms with E-state index in [1.807, 2.05) is 24.3 Å². The van der Waals surface area contributed by atoms with Gasteiger partial charge in [-0.3, -0.25) is 4.79 Å². The molecule has 2 aromatic rings. The van der Waals surface area contributed by atoms with Crippen LogP contribution < -0.4 is 0 Å². The molecule has 0 radical (unpaired) electrons. The Bertz CT molecular complexity index is 623. The quantitative estimate of drug-likeness (QED) is 0.696. The van der Waals surface area contributed by atoms with Crippen LogP contribution in [-0.4, -0.2) is 21.3 Å². The Labute approximate surface area is 142 Å². The number of phenolic OH excluding ortho intramolecular Hbond substituents is 2. The Morgan fingerprint density at radius 2 is 1.00 bits per heavy atom. The lowest BCUT2D eigenvalue weighted by atomic mass is 9.91. The smallest absolute Gasteiger partial charge is 0.300 e. The number of carboxylic acids is 1. The molecule has 0 amide bonds. The van der Waals surface area contributed by atoms with E-state index in [0.717, 1.165) is 30.9 Å². The van der Waals surface area contributed by atoms with Gasteiger partial charge in [0.15, 0.2) is 0 Å². The Balaban J connectivity index is 0.000000648. The average Bonchev–Trinajstić information content (AvgIpc) is 2.54. The zero-order valence-corrected chi connectivity index (χ0v) is 14.3. The predicted molar refractivity (Wildman–Crippen MR) is 96.9 cm³/mol. The highest BCUT2D eigenvalue weighted by molar-refractivity contribution is 5.90. The fourth-order valence-electron chi connectivity index (χ4n) is 2.51. The van der Waals surface area contributed by atoms with Gasteiger partial charge >= 0.3 is 0 Å². The van der Waals surface area contributed by atoms with Crippen LogP contribution in [0.15, 0.2) is 48.5 Å². The summed E-state index contributed by atoms with van der Waals surface area (Å²) in [5, 5.41) is 26.2. The summed E-state index contributed by atoms with van der Waals surface area (Å²) in [6, 6.07) is 14.7. The molecule has 0 aliphatic carbocycles. The Kier molecular flexibility index (Phi) is 7.56. The molecule has 0 fully saturated rings. The van der Waals surface area contributed by atoms with Crippen LogP contribution in [-0.2, 0) is 4.79 Å². The van der Waals surface area contributed by atoms with Crippen molar-refractivity contribution in [1.82, 2.24) is 0 Å². The Morgan fingerprint density at radius 1 is 0.750 bits per heavy atom. The Morgan fingerprint density at radius 3 is 1.21 bits per heavy atom. The van der Waals surface area contributed by atoms with Crippen molar-refractivity contribution in [3.8, 4) is 11.5 Å². The third-order valence-electron chi connectivity index (χ3n) is 3.50. The first-order valence-electron chi connectivity index (χ1n) is 7.89. The van der Waals surface area contributed by atoms with Gasteiger partial charge in [-0.05, 0) is 59.4 Å². The molecule has 24 heavy (non-hydrogen) atoms. The number of aromatic hydroxyl groups is 2. The first-order chi connectivity index (χ1) is 11.4. The van der Waals surface area contributed by atoms with Crippen molar-refractivity contribution < 1.29 is 20.1 Å². The second-order valence-corrected chi connectivity index (χ2v) is 5.28. The van der Waals surface area contributed by atoms with Crippen LogP contribution in [0.25, 0.3) is 11.1 Å². The summed E-state index contributed by atoms with van der Waals surface area (Å²) >= 11 is 0. The van der Waals surface area contributed by atoms with Crippen LogP contribution in [0.4, 0.5) is 0 Å². The van der Waals surface area contributed by atoms with Gasteiger partial charge in [0.1, 0.15) is 11.5 Å². The number of allylic oxidation sites excluding steroid dienone is 2. The molecule has 0 spiro atoms. The van der Waals surface area contributed by atoms with Crippen molar-refractivity contribution in [2.75, 3.05) is 0 Å². The predicted octanol–water partition coefficient (Wildman–Crippen LogP) is 4.92. The normalized spacial score (nSPS) is 11.1. The number of hydrogen-bond acceptors (Lipinski definition) is 3. The van der Waals surface area contributed by atoms with E-state index in [9.17, 15) is 10.2 Å². The standard InChI is InChI=1S/C18H20O2.C2H4O2/c1-3-17(13-5-9-15(19)10-6-13)18(4-2)14-7-11-16(20)12-8-14;1-2(3)4/h5-12,19-20H,3-4H2,1-2H3;1H3,(H,3,4)/b18-17+;. The third-order valence-corrected chi connectivity index (χ3v) is 3.50.